The van der Waals surface area contributed by atoms with Crippen molar-refractivity contribution in [2.45, 2.75) is 25.7 Å². The standard InChI is InChI=1S/C17H11BrF6N4O/c1-7(29)6-28-15(26-16(27-28)17(22,23)24)10-4-9(12(19)14(21)13(10)20)11-3-2-8(18)5-25-11/h2-5,7,29H,6H2,1H3. The van der Waals surface area contributed by atoms with Gasteiger partial charge in [0.05, 0.1) is 23.9 Å². The molecule has 12 heteroatoms. The molecule has 0 amide bonds. The molecule has 5 nitrogen and oxygen atoms in total. The van der Waals surface area contributed by atoms with Gasteiger partial charge in [-0.1, -0.05) is 0 Å². The fraction of sp³-hybridized carbons (Fsp3) is 0.235. The number of pyridine rings is 1. The van der Waals surface area contributed by atoms with E-state index in [1.54, 1.807) is 0 Å². The molecule has 29 heavy (non-hydrogen) atoms. The van der Waals surface area contributed by atoms with Crippen LogP contribution in [-0.2, 0) is 12.7 Å². The van der Waals surface area contributed by atoms with E-state index < -0.39 is 59.1 Å². The molecule has 1 unspecified atom stereocenters. The van der Waals surface area contributed by atoms with Crippen molar-refractivity contribution in [3.8, 4) is 22.6 Å². The Labute approximate surface area is 168 Å². The van der Waals surface area contributed by atoms with Crippen molar-refractivity contribution < 1.29 is 31.4 Å². The number of aromatic nitrogens is 4. The van der Waals surface area contributed by atoms with E-state index in [4.69, 9.17) is 0 Å². The fourth-order valence-electron chi connectivity index (χ4n) is 2.53. The van der Waals surface area contributed by atoms with Gasteiger partial charge < -0.3 is 5.11 Å². The maximum Gasteiger partial charge on any atom is 0.453 e. The molecule has 0 aliphatic heterocycles. The first-order valence-electron chi connectivity index (χ1n) is 7.99. The van der Waals surface area contributed by atoms with Gasteiger partial charge in [0.1, 0.15) is 0 Å². The van der Waals surface area contributed by atoms with Crippen LogP contribution in [0.15, 0.2) is 28.9 Å². The van der Waals surface area contributed by atoms with Crippen LogP contribution in [0.4, 0.5) is 26.3 Å². The van der Waals surface area contributed by atoms with E-state index in [0.29, 0.717) is 9.15 Å². The highest BCUT2D eigenvalue weighted by Gasteiger charge is 2.38. The summed E-state index contributed by atoms with van der Waals surface area (Å²) in [6, 6.07) is 3.58. The lowest BCUT2D eigenvalue weighted by Crippen LogP contribution is -2.16. The lowest BCUT2D eigenvalue weighted by atomic mass is 10.0. The first kappa shape index (κ1) is 21.2. The molecule has 1 N–H and O–H groups in total. The average Bonchev–Trinajstić information content (AvgIpc) is 3.04. The second-order valence-corrected chi connectivity index (χ2v) is 6.98. The van der Waals surface area contributed by atoms with Crippen molar-refractivity contribution in [2.24, 2.45) is 0 Å². The molecule has 154 valence electrons. The van der Waals surface area contributed by atoms with E-state index in [0.717, 1.165) is 6.07 Å². The van der Waals surface area contributed by atoms with Gasteiger partial charge in [0.25, 0.3) is 5.82 Å². The van der Waals surface area contributed by atoms with Crippen LogP contribution in [0.5, 0.6) is 0 Å². The van der Waals surface area contributed by atoms with Gasteiger partial charge in [0.15, 0.2) is 23.3 Å². The topological polar surface area (TPSA) is 63.8 Å². The molecule has 1 aromatic carbocycles. The molecule has 0 aliphatic rings. The highest BCUT2D eigenvalue weighted by Crippen LogP contribution is 2.34. The third kappa shape index (κ3) is 4.27. The SMILES string of the molecule is CC(O)Cn1nc(C(F)(F)F)nc1-c1cc(-c2ccc(Br)cn2)c(F)c(F)c1F. The molecule has 3 rings (SSSR count). The predicted molar refractivity (Wildman–Crippen MR) is 92.9 cm³/mol. The first-order valence-corrected chi connectivity index (χ1v) is 8.78. The lowest BCUT2D eigenvalue weighted by Gasteiger charge is -2.11. The number of hydrogen-bond donors (Lipinski definition) is 1. The largest absolute Gasteiger partial charge is 0.453 e. The third-order valence-corrected chi connectivity index (χ3v) is 4.22. The Kier molecular flexibility index (Phi) is 5.68. The second-order valence-electron chi connectivity index (χ2n) is 6.06. The lowest BCUT2D eigenvalue weighted by molar-refractivity contribution is -0.145. The number of hydrogen-bond acceptors (Lipinski definition) is 4. The van der Waals surface area contributed by atoms with Gasteiger partial charge in [-0.05, 0) is 41.1 Å². The number of aliphatic hydroxyl groups excluding tert-OH is 1. The summed E-state index contributed by atoms with van der Waals surface area (Å²) < 4.78 is 83.2. The van der Waals surface area contributed by atoms with Crippen LogP contribution in [0.1, 0.15) is 12.7 Å². The van der Waals surface area contributed by atoms with Crippen LogP contribution in [0.2, 0.25) is 0 Å². The maximum atomic E-state index is 14.5. The molecule has 1 atom stereocenters. The van der Waals surface area contributed by atoms with Crippen molar-refractivity contribution in [1.29, 1.82) is 0 Å². The van der Waals surface area contributed by atoms with Crippen LogP contribution in [0.3, 0.4) is 0 Å². The summed E-state index contributed by atoms with van der Waals surface area (Å²) in [5, 5.41) is 12.7. The van der Waals surface area contributed by atoms with Gasteiger partial charge >= 0.3 is 6.18 Å². The monoisotopic (exact) mass is 480 g/mol. The fourth-order valence-corrected chi connectivity index (χ4v) is 2.76. The van der Waals surface area contributed by atoms with Crippen molar-refractivity contribution in [3.05, 3.63) is 52.1 Å². The zero-order chi connectivity index (χ0) is 21.5. The summed E-state index contributed by atoms with van der Waals surface area (Å²) in [5.74, 6) is -7.52. The molecule has 0 radical (unpaired) electrons. The van der Waals surface area contributed by atoms with E-state index in [1.165, 1.54) is 25.3 Å². The second kappa shape index (κ2) is 7.75. The van der Waals surface area contributed by atoms with Crippen molar-refractivity contribution in [1.82, 2.24) is 19.7 Å². The van der Waals surface area contributed by atoms with Crippen molar-refractivity contribution >= 4 is 15.9 Å². The van der Waals surface area contributed by atoms with E-state index in [1.807, 2.05) is 0 Å². The number of aliphatic hydroxyl groups is 1. The smallest absolute Gasteiger partial charge is 0.391 e. The number of halogens is 7. The number of benzene rings is 1. The van der Waals surface area contributed by atoms with Crippen LogP contribution < -0.4 is 0 Å². The van der Waals surface area contributed by atoms with Gasteiger partial charge in [-0.3, -0.25) is 4.98 Å². The Hall–Kier alpha value is -2.47. The summed E-state index contributed by atoms with van der Waals surface area (Å²) in [6.45, 7) is 0.778. The normalized spacial score (nSPS) is 13.0. The Morgan fingerprint density at radius 2 is 1.76 bits per heavy atom. The summed E-state index contributed by atoms with van der Waals surface area (Å²) in [6.07, 6.45) is -4.85. The third-order valence-electron chi connectivity index (χ3n) is 3.75. The number of alkyl halides is 3. The summed E-state index contributed by atoms with van der Waals surface area (Å²) in [4.78, 5) is 7.14. The Balaban J connectivity index is 2.25. The van der Waals surface area contributed by atoms with Gasteiger partial charge in [-0.15, -0.1) is 5.10 Å². The first-order chi connectivity index (χ1) is 13.5. The highest BCUT2D eigenvalue weighted by molar-refractivity contribution is 9.10. The van der Waals surface area contributed by atoms with Gasteiger partial charge in [0, 0.05) is 16.2 Å². The zero-order valence-electron chi connectivity index (χ0n) is 14.5. The minimum absolute atomic E-state index is 0.0801. The minimum atomic E-state index is -4.97. The molecule has 0 spiro atoms. The van der Waals surface area contributed by atoms with E-state index in [9.17, 15) is 31.4 Å². The molecule has 0 bridgehead atoms. The molecular weight excluding hydrogens is 470 g/mol. The Morgan fingerprint density at radius 3 is 2.31 bits per heavy atom. The van der Waals surface area contributed by atoms with E-state index in [2.05, 4.69) is 31.0 Å². The van der Waals surface area contributed by atoms with Crippen LogP contribution >= 0.6 is 15.9 Å². The Morgan fingerprint density at radius 1 is 1.10 bits per heavy atom. The van der Waals surface area contributed by atoms with Crippen LogP contribution in [0, 0.1) is 17.5 Å². The predicted octanol–water partition coefficient (Wildman–Crippen LogP) is 4.59. The number of nitrogens with zero attached hydrogens (tertiary/aromatic N) is 4. The summed E-state index contributed by atoms with van der Waals surface area (Å²) in [5.41, 5.74) is -1.32. The molecular formula is C17H11BrF6N4O. The van der Waals surface area contributed by atoms with E-state index >= 15 is 0 Å². The summed E-state index contributed by atoms with van der Waals surface area (Å²) >= 11 is 3.13. The van der Waals surface area contributed by atoms with Gasteiger partial charge in [0.2, 0.25) is 0 Å². The summed E-state index contributed by atoms with van der Waals surface area (Å²) in [7, 11) is 0. The zero-order valence-corrected chi connectivity index (χ0v) is 16.1. The molecule has 0 saturated heterocycles. The molecule has 0 aliphatic carbocycles. The van der Waals surface area contributed by atoms with Crippen LogP contribution in [-0.4, -0.2) is 31.0 Å². The maximum absolute atomic E-state index is 14.5. The molecule has 0 saturated carbocycles. The Bertz CT molecular complexity index is 1050. The van der Waals surface area contributed by atoms with Gasteiger partial charge in [-0.25, -0.2) is 22.8 Å². The molecule has 0 fully saturated rings. The van der Waals surface area contributed by atoms with E-state index in [-0.39, 0.29) is 5.69 Å². The van der Waals surface area contributed by atoms with Gasteiger partial charge in [-0.2, -0.15) is 13.2 Å². The number of rotatable bonds is 4. The van der Waals surface area contributed by atoms with Crippen molar-refractivity contribution in [3.63, 3.8) is 0 Å². The highest BCUT2D eigenvalue weighted by atomic mass is 79.9. The molecule has 3 aromatic rings. The van der Waals surface area contributed by atoms with Crippen molar-refractivity contribution in [2.75, 3.05) is 0 Å². The van der Waals surface area contributed by atoms with Crippen LogP contribution in [0.25, 0.3) is 22.6 Å². The quantitative estimate of drug-likeness (QED) is 0.438. The molecule has 2 aromatic heterocycles. The molecule has 2 heterocycles. The minimum Gasteiger partial charge on any atom is -0.391 e. The average molecular weight is 481 g/mol.